The summed E-state index contributed by atoms with van der Waals surface area (Å²) < 4.78 is 40.3. The van der Waals surface area contributed by atoms with Gasteiger partial charge in [0.25, 0.3) is 0 Å². The smallest absolute Gasteiger partial charge is 0.159 e. The molecule has 1 saturated carbocycles. The van der Waals surface area contributed by atoms with Crippen LogP contribution < -0.4 is 5.73 Å². The van der Waals surface area contributed by atoms with Crippen molar-refractivity contribution in [2.75, 3.05) is 0 Å². The maximum atomic E-state index is 14.5. The Hall–Kier alpha value is -1.03. The van der Waals surface area contributed by atoms with Crippen molar-refractivity contribution < 1.29 is 13.2 Å². The summed E-state index contributed by atoms with van der Waals surface area (Å²) in [5.41, 5.74) is 4.30. The van der Waals surface area contributed by atoms with Crippen molar-refractivity contribution in [2.45, 2.75) is 37.4 Å². The number of benzene rings is 1. The Balaban J connectivity index is 2.31. The minimum atomic E-state index is -1.60. The molecule has 0 spiro atoms. The van der Waals surface area contributed by atoms with Crippen LogP contribution in [0.1, 0.15) is 31.2 Å². The first-order valence-corrected chi connectivity index (χ1v) is 5.41. The zero-order valence-corrected chi connectivity index (χ0v) is 8.85. The van der Waals surface area contributed by atoms with Crippen molar-refractivity contribution in [3.8, 4) is 0 Å². The van der Waals surface area contributed by atoms with E-state index < -0.39 is 17.3 Å². The molecule has 2 N–H and O–H groups in total. The van der Waals surface area contributed by atoms with E-state index in [1.54, 1.807) is 0 Å². The van der Waals surface area contributed by atoms with Crippen LogP contribution in [0.4, 0.5) is 13.2 Å². The lowest BCUT2D eigenvalue weighted by Gasteiger charge is -2.33. The highest BCUT2D eigenvalue weighted by Crippen LogP contribution is 2.40. The summed E-state index contributed by atoms with van der Waals surface area (Å²) >= 11 is 0. The Labute approximate surface area is 92.5 Å². The number of alkyl halides is 1. The third-order valence-electron chi connectivity index (χ3n) is 3.17. The van der Waals surface area contributed by atoms with Gasteiger partial charge in [-0.05, 0) is 37.0 Å². The number of hydrogen-bond acceptors (Lipinski definition) is 1. The molecule has 0 aliphatic heterocycles. The summed E-state index contributed by atoms with van der Waals surface area (Å²) in [6.45, 7) is 0. The molecule has 2 atom stereocenters. The maximum Gasteiger partial charge on any atom is 0.159 e. The van der Waals surface area contributed by atoms with Gasteiger partial charge < -0.3 is 5.73 Å². The van der Waals surface area contributed by atoms with Crippen molar-refractivity contribution in [2.24, 2.45) is 5.73 Å². The number of hydrogen-bond donors (Lipinski definition) is 1. The Morgan fingerprint density at radius 3 is 2.62 bits per heavy atom. The number of rotatable bonds is 1. The molecule has 1 aliphatic rings. The molecular weight excluding hydrogens is 215 g/mol. The third-order valence-corrected chi connectivity index (χ3v) is 3.17. The molecule has 16 heavy (non-hydrogen) atoms. The van der Waals surface area contributed by atoms with Gasteiger partial charge in [-0.3, -0.25) is 0 Å². The summed E-state index contributed by atoms with van der Waals surface area (Å²) in [7, 11) is 0. The number of halogens is 3. The first kappa shape index (κ1) is 11.5. The van der Waals surface area contributed by atoms with Crippen molar-refractivity contribution >= 4 is 0 Å². The average Bonchev–Trinajstić information content (AvgIpc) is 2.21. The Morgan fingerprint density at radius 1 is 1.25 bits per heavy atom. The summed E-state index contributed by atoms with van der Waals surface area (Å²) in [5.74, 6) is -1.96. The van der Waals surface area contributed by atoms with E-state index >= 15 is 0 Å². The molecule has 1 aromatic carbocycles. The monoisotopic (exact) mass is 229 g/mol. The molecule has 2 rings (SSSR count). The van der Waals surface area contributed by atoms with Crippen LogP contribution in [0.3, 0.4) is 0 Å². The van der Waals surface area contributed by atoms with Crippen LogP contribution in [0.2, 0.25) is 0 Å². The fourth-order valence-electron chi connectivity index (χ4n) is 2.30. The van der Waals surface area contributed by atoms with Crippen LogP contribution in [-0.2, 0) is 5.67 Å². The molecule has 1 aromatic rings. The van der Waals surface area contributed by atoms with E-state index in [2.05, 4.69) is 0 Å². The van der Waals surface area contributed by atoms with Gasteiger partial charge in [-0.25, -0.2) is 13.2 Å². The minimum Gasteiger partial charge on any atom is -0.328 e. The Bertz CT molecular complexity index is 394. The van der Waals surface area contributed by atoms with E-state index in [4.69, 9.17) is 5.73 Å². The van der Waals surface area contributed by atoms with Crippen molar-refractivity contribution in [3.05, 3.63) is 35.4 Å². The van der Waals surface area contributed by atoms with Gasteiger partial charge in [-0.2, -0.15) is 0 Å². The van der Waals surface area contributed by atoms with Gasteiger partial charge in [-0.15, -0.1) is 0 Å². The van der Waals surface area contributed by atoms with Crippen LogP contribution in [-0.4, -0.2) is 6.04 Å². The van der Waals surface area contributed by atoms with E-state index in [9.17, 15) is 13.2 Å². The zero-order chi connectivity index (χ0) is 11.8. The first-order chi connectivity index (χ1) is 7.51. The highest BCUT2D eigenvalue weighted by molar-refractivity contribution is 5.25. The van der Waals surface area contributed by atoms with E-state index in [1.165, 1.54) is 6.07 Å². The lowest BCUT2D eigenvalue weighted by Crippen LogP contribution is -2.36. The molecule has 0 heterocycles. The van der Waals surface area contributed by atoms with Gasteiger partial charge in [0.15, 0.2) is 11.6 Å². The molecule has 0 radical (unpaired) electrons. The number of nitrogens with two attached hydrogens (primary N) is 1. The zero-order valence-electron chi connectivity index (χ0n) is 8.85. The Kier molecular flexibility index (Phi) is 2.93. The molecule has 88 valence electrons. The van der Waals surface area contributed by atoms with Gasteiger partial charge >= 0.3 is 0 Å². The molecule has 1 aliphatic carbocycles. The molecule has 2 unspecified atom stereocenters. The van der Waals surface area contributed by atoms with Crippen molar-refractivity contribution in [1.82, 2.24) is 0 Å². The van der Waals surface area contributed by atoms with Crippen molar-refractivity contribution in [1.29, 1.82) is 0 Å². The molecule has 1 nitrogen and oxygen atoms in total. The average molecular weight is 229 g/mol. The predicted molar refractivity (Wildman–Crippen MR) is 55.6 cm³/mol. The van der Waals surface area contributed by atoms with Crippen LogP contribution in [0.25, 0.3) is 0 Å². The predicted octanol–water partition coefficient (Wildman–Crippen LogP) is 3.03. The largest absolute Gasteiger partial charge is 0.328 e. The second-order valence-corrected chi connectivity index (χ2v) is 4.45. The van der Waals surface area contributed by atoms with E-state index in [0.717, 1.165) is 18.6 Å². The molecular formula is C12H14F3N. The molecule has 0 saturated heterocycles. The highest BCUT2D eigenvalue weighted by Gasteiger charge is 2.37. The van der Waals surface area contributed by atoms with E-state index in [1.807, 2.05) is 0 Å². The summed E-state index contributed by atoms with van der Waals surface area (Å²) in [4.78, 5) is 0. The first-order valence-electron chi connectivity index (χ1n) is 5.41. The van der Waals surface area contributed by atoms with E-state index in [-0.39, 0.29) is 18.0 Å². The molecule has 4 heteroatoms. The second kappa shape index (κ2) is 4.09. The lowest BCUT2D eigenvalue weighted by molar-refractivity contribution is 0.0942. The fourth-order valence-corrected chi connectivity index (χ4v) is 2.30. The van der Waals surface area contributed by atoms with E-state index in [0.29, 0.717) is 12.8 Å². The van der Waals surface area contributed by atoms with Gasteiger partial charge in [0.2, 0.25) is 0 Å². The summed E-state index contributed by atoms with van der Waals surface area (Å²) in [6, 6.07) is 3.00. The highest BCUT2D eigenvalue weighted by atomic mass is 19.2. The SMILES string of the molecule is NC1CCCC(F)(c2ccc(F)c(F)c2)C1. The van der Waals surface area contributed by atoms with Crippen LogP contribution in [0, 0.1) is 11.6 Å². The Morgan fingerprint density at radius 2 is 2.00 bits per heavy atom. The quantitative estimate of drug-likeness (QED) is 0.787. The lowest BCUT2D eigenvalue weighted by atomic mass is 9.79. The van der Waals surface area contributed by atoms with Gasteiger partial charge in [0.1, 0.15) is 5.67 Å². The van der Waals surface area contributed by atoms with Crippen molar-refractivity contribution in [3.63, 3.8) is 0 Å². The molecule has 0 bridgehead atoms. The third kappa shape index (κ3) is 2.07. The second-order valence-electron chi connectivity index (χ2n) is 4.45. The van der Waals surface area contributed by atoms with Gasteiger partial charge in [-0.1, -0.05) is 6.07 Å². The van der Waals surface area contributed by atoms with Gasteiger partial charge in [0, 0.05) is 12.5 Å². The van der Waals surface area contributed by atoms with Crippen LogP contribution in [0.15, 0.2) is 18.2 Å². The normalized spacial score (nSPS) is 30.4. The summed E-state index contributed by atoms with van der Waals surface area (Å²) in [5, 5.41) is 0. The summed E-state index contributed by atoms with van der Waals surface area (Å²) in [6.07, 6.45) is 1.97. The topological polar surface area (TPSA) is 26.0 Å². The maximum absolute atomic E-state index is 14.5. The molecule has 0 amide bonds. The van der Waals surface area contributed by atoms with Crippen LogP contribution in [0.5, 0.6) is 0 Å². The molecule has 0 aromatic heterocycles. The van der Waals surface area contributed by atoms with Crippen LogP contribution >= 0.6 is 0 Å². The van der Waals surface area contributed by atoms with Gasteiger partial charge in [0.05, 0.1) is 0 Å². The standard InChI is InChI=1S/C12H14F3N/c13-10-4-3-8(6-11(10)14)12(15)5-1-2-9(16)7-12/h3-4,6,9H,1-2,5,7,16H2. The molecule has 1 fully saturated rings. The fraction of sp³-hybridized carbons (Fsp3) is 0.500. The minimum absolute atomic E-state index is 0.179.